The van der Waals surface area contributed by atoms with Crippen molar-refractivity contribution in [3.05, 3.63) is 48.3 Å². The molecule has 4 rings (SSSR count). The molecule has 0 unspecified atom stereocenters. The molecule has 0 radical (unpaired) electrons. The number of nitrogens with one attached hydrogen (secondary N) is 1. The van der Waals surface area contributed by atoms with Gasteiger partial charge in [0.2, 0.25) is 0 Å². The molecule has 24 heavy (non-hydrogen) atoms. The zero-order valence-corrected chi connectivity index (χ0v) is 13.3. The van der Waals surface area contributed by atoms with Crippen LogP contribution < -0.4 is 10.2 Å². The zero-order valence-electron chi connectivity index (χ0n) is 13.3. The van der Waals surface area contributed by atoms with Crippen LogP contribution in [0.5, 0.6) is 0 Å². The molecule has 1 aliphatic rings. The zero-order chi connectivity index (χ0) is 16.5. The van der Waals surface area contributed by atoms with Crippen molar-refractivity contribution in [1.29, 1.82) is 0 Å². The second-order valence-corrected chi connectivity index (χ2v) is 5.74. The third-order valence-electron chi connectivity index (χ3n) is 4.40. The van der Waals surface area contributed by atoms with Gasteiger partial charge in [0.1, 0.15) is 17.7 Å². The van der Waals surface area contributed by atoms with Gasteiger partial charge in [0.05, 0.1) is 11.9 Å². The fourth-order valence-corrected chi connectivity index (χ4v) is 3.19. The fourth-order valence-electron chi connectivity index (χ4n) is 3.19. The summed E-state index contributed by atoms with van der Waals surface area (Å²) >= 11 is 0. The maximum absolute atomic E-state index is 11.9. The second-order valence-electron chi connectivity index (χ2n) is 5.74. The molecule has 0 aliphatic carbocycles. The van der Waals surface area contributed by atoms with E-state index in [1.807, 2.05) is 12.1 Å². The minimum Gasteiger partial charge on any atom is -0.356 e. The van der Waals surface area contributed by atoms with Gasteiger partial charge in [0.15, 0.2) is 5.65 Å². The molecule has 3 aromatic heterocycles. The highest BCUT2D eigenvalue weighted by Crippen LogP contribution is 2.29. The van der Waals surface area contributed by atoms with E-state index in [0.717, 1.165) is 31.0 Å². The van der Waals surface area contributed by atoms with Gasteiger partial charge in [0, 0.05) is 38.4 Å². The van der Waals surface area contributed by atoms with Crippen molar-refractivity contribution in [2.24, 2.45) is 0 Å². The van der Waals surface area contributed by atoms with Crippen LogP contribution in [-0.2, 0) is 0 Å². The number of hydrogen-bond donors (Lipinski definition) is 1. The molecule has 122 valence electrons. The van der Waals surface area contributed by atoms with E-state index in [1.165, 1.54) is 0 Å². The van der Waals surface area contributed by atoms with Gasteiger partial charge in [-0.2, -0.15) is 5.10 Å². The minimum atomic E-state index is -0.177. The topological polar surface area (TPSA) is 88.3 Å². The Hall–Kier alpha value is -3.03. The van der Waals surface area contributed by atoms with Crippen molar-refractivity contribution in [2.45, 2.75) is 12.3 Å². The molecular formula is C16H17N7O. The molecular weight excluding hydrogens is 306 g/mol. The summed E-state index contributed by atoms with van der Waals surface area (Å²) in [5.74, 6) is 1.07. The molecule has 1 amide bonds. The summed E-state index contributed by atoms with van der Waals surface area (Å²) in [5.41, 5.74) is 2.14. The third kappa shape index (κ3) is 2.36. The number of carbonyl (C=O) groups is 1. The number of carbonyl (C=O) groups excluding carboxylic acids is 1. The number of fused-ring (bicyclic) bond motifs is 1. The minimum absolute atomic E-state index is 0.177. The van der Waals surface area contributed by atoms with Crippen LogP contribution in [0.1, 0.15) is 28.4 Å². The molecule has 0 aromatic carbocycles. The van der Waals surface area contributed by atoms with E-state index in [2.05, 4.69) is 30.3 Å². The van der Waals surface area contributed by atoms with E-state index in [4.69, 9.17) is 0 Å². The van der Waals surface area contributed by atoms with Gasteiger partial charge in [-0.05, 0) is 18.6 Å². The normalized spacial score (nSPS) is 17.4. The number of amides is 1. The van der Waals surface area contributed by atoms with Crippen LogP contribution in [0.3, 0.4) is 0 Å². The van der Waals surface area contributed by atoms with Crippen molar-refractivity contribution < 1.29 is 4.79 Å². The number of hydrogen-bond acceptors (Lipinski definition) is 6. The highest BCUT2D eigenvalue weighted by Gasteiger charge is 2.27. The van der Waals surface area contributed by atoms with Gasteiger partial charge in [0.25, 0.3) is 5.91 Å². The van der Waals surface area contributed by atoms with Crippen LogP contribution in [0, 0.1) is 0 Å². The lowest BCUT2D eigenvalue weighted by atomic mass is 10.0. The van der Waals surface area contributed by atoms with E-state index in [0.29, 0.717) is 17.1 Å². The van der Waals surface area contributed by atoms with Crippen molar-refractivity contribution >= 4 is 17.4 Å². The standard InChI is InChI=1S/C16H17N7O/c1-17-16(24)12-8-21-23-13(2-6-19-15(12)23)11-4-7-22(9-11)14-3-5-18-10-20-14/h2-3,5-6,8,10-11H,4,7,9H2,1H3,(H,17,24)/t11-/m1/s1. The maximum Gasteiger partial charge on any atom is 0.256 e. The fraction of sp³-hybridized carbons (Fsp3) is 0.312. The Bertz CT molecular complexity index is 877. The molecule has 8 heteroatoms. The van der Waals surface area contributed by atoms with Gasteiger partial charge in [-0.15, -0.1) is 0 Å². The average molecular weight is 323 g/mol. The lowest BCUT2D eigenvalue weighted by Crippen LogP contribution is -2.21. The van der Waals surface area contributed by atoms with Crippen LogP contribution in [0.4, 0.5) is 5.82 Å². The Morgan fingerprint density at radius 1 is 1.29 bits per heavy atom. The van der Waals surface area contributed by atoms with Crippen LogP contribution in [0.2, 0.25) is 0 Å². The first-order valence-corrected chi connectivity index (χ1v) is 7.83. The Morgan fingerprint density at radius 3 is 3.00 bits per heavy atom. The molecule has 1 N–H and O–H groups in total. The van der Waals surface area contributed by atoms with Gasteiger partial charge < -0.3 is 10.2 Å². The van der Waals surface area contributed by atoms with Crippen molar-refractivity contribution in [1.82, 2.24) is 29.9 Å². The van der Waals surface area contributed by atoms with Crippen molar-refractivity contribution in [3.8, 4) is 0 Å². The Morgan fingerprint density at radius 2 is 2.21 bits per heavy atom. The van der Waals surface area contributed by atoms with Gasteiger partial charge in [-0.1, -0.05) is 0 Å². The summed E-state index contributed by atoms with van der Waals surface area (Å²) in [6.45, 7) is 1.78. The smallest absolute Gasteiger partial charge is 0.256 e. The molecule has 1 saturated heterocycles. The van der Waals surface area contributed by atoms with Crippen LogP contribution in [-0.4, -0.2) is 50.6 Å². The maximum atomic E-state index is 11.9. The summed E-state index contributed by atoms with van der Waals surface area (Å²) in [6, 6.07) is 3.89. The average Bonchev–Trinajstić information content (AvgIpc) is 3.29. The summed E-state index contributed by atoms with van der Waals surface area (Å²) in [5, 5.41) is 7.00. The van der Waals surface area contributed by atoms with Crippen molar-refractivity contribution in [2.75, 3.05) is 25.0 Å². The van der Waals surface area contributed by atoms with Crippen LogP contribution in [0.15, 0.2) is 37.1 Å². The number of aromatic nitrogens is 5. The van der Waals surface area contributed by atoms with E-state index in [1.54, 1.807) is 36.5 Å². The van der Waals surface area contributed by atoms with E-state index >= 15 is 0 Å². The van der Waals surface area contributed by atoms with E-state index < -0.39 is 0 Å². The predicted molar refractivity (Wildman–Crippen MR) is 88.0 cm³/mol. The monoisotopic (exact) mass is 323 g/mol. The summed E-state index contributed by atoms with van der Waals surface area (Å²) in [4.78, 5) is 26.8. The molecule has 1 aliphatic heterocycles. The summed E-state index contributed by atoms with van der Waals surface area (Å²) in [6.07, 6.45) is 7.63. The Balaban J connectivity index is 1.66. The van der Waals surface area contributed by atoms with E-state index in [-0.39, 0.29) is 5.91 Å². The summed E-state index contributed by atoms with van der Waals surface area (Å²) in [7, 11) is 1.60. The highest BCUT2D eigenvalue weighted by atomic mass is 16.1. The number of rotatable bonds is 3. The van der Waals surface area contributed by atoms with Gasteiger partial charge >= 0.3 is 0 Å². The largest absolute Gasteiger partial charge is 0.356 e. The molecule has 0 spiro atoms. The lowest BCUT2D eigenvalue weighted by Gasteiger charge is -2.17. The third-order valence-corrected chi connectivity index (χ3v) is 4.40. The molecule has 1 fully saturated rings. The molecule has 4 heterocycles. The summed E-state index contributed by atoms with van der Waals surface area (Å²) < 4.78 is 1.78. The number of nitrogens with zero attached hydrogens (tertiary/aromatic N) is 6. The van der Waals surface area contributed by atoms with E-state index in [9.17, 15) is 4.79 Å². The molecule has 0 bridgehead atoms. The van der Waals surface area contributed by atoms with Crippen molar-refractivity contribution in [3.63, 3.8) is 0 Å². The molecule has 8 nitrogen and oxygen atoms in total. The quantitative estimate of drug-likeness (QED) is 0.769. The SMILES string of the molecule is CNC(=O)c1cnn2c([C@@H]3CCN(c4ccncn4)C3)ccnc12. The number of anilines is 1. The molecule has 1 atom stereocenters. The Labute approximate surface area is 138 Å². The van der Waals surface area contributed by atoms with Crippen LogP contribution >= 0.6 is 0 Å². The highest BCUT2D eigenvalue weighted by molar-refractivity contribution is 5.99. The van der Waals surface area contributed by atoms with Crippen LogP contribution in [0.25, 0.3) is 5.65 Å². The Kier molecular flexibility index (Phi) is 3.56. The first kappa shape index (κ1) is 14.6. The lowest BCUT2D eigenvalue weighted by molar-refractivity contribution is 0.0964. The van der Waals surface area contributed by atoms with Gasteiger partial charge in [-0.25, -0.2) is 19.5 Å². The second kappa shape index (κ2) is 5.88. The molecule has 0 saturated carbocycles. The predicted octanol–water partition coefficient (Wildman–Crippen LogP) is 0.873. The molecule has 3 aromatic rings. The first-order valence-electron chi connectivity index (χ1n) is 7.83. The first-order chi connectivity index (χ1) is 11.8. The van der Waals surface area contributed by atoms with Gasteiger partial charge in [-0.3, -0.25) is 4.79 Å².